The van der Waals surface area contributed by atoms with E-state index in [4.69, 9.17) is 23.7 Å². The van der Waals surface area contributed by atoms with E-state index >= 15 is 0 Å². The first kappa shape index (κ1) is 29.8. The molecule has 2 aromatic heterocycles. The van der Waals surface area contributed by atoms with Gasteiger partial charge in [-0.25, -0.2) is 4.79 Å². The number of pyridine rings is 1. The number of ether oxygens (including phenoxy) is 5. The highest BCUT2D eigenvalue weighted by Gasteiger charge is 2.28. The first-order valence-electron chi connectivity index (χ1n) is 14.6. The maximum absolute atomic E-state index is 13.6. The molecular formula is C36H39NO6. The Morgan fingerprint density at radius 3 is 1.79 bits per heavy atom. The number of fused-ring (bicyclic) bond motifs is 3. The van der Waals surface area contributed by atoms with E-state index in [1.165, 1.54) is 7.11 Å². The molecule has 0 saturated heterocycles. The van der Waals surface area contributed by atoms with Gasteiger partial charge in [-0.2, -0.15) is 0 Å². The quantitative estimate of drug-likeness (QED) is 0.154. The second kappa shape index (κ2) is 12.3. The van der Waals surface area contributed by atoms with Gasteiger partial charge in [-0.05, 0) is 101 Å². The summed E-state index contributed by atoms with van der Waals surface area (Å²) < 4.78 is 31.3. The zero-order valence-electron chi connectivity index (χ0n) is 26.1. The molecule has 2 heterocycles. The average molecular weight is 582 g/mol. The largest absolute Gasteiger partial charge is 0.493 e. The van der Waals surface area contributed by atoms with E-state index in [1.807, 2.05) is 119 Å². The molecule has 43 heavy (non-hydrogen) atoms. The van der Waals surface area contributed by atoms with Crippen LogP contribution in [0.5, 0.6) is 23.0 Å². The summed E-state index contributed by atoms with van der Waals surface area (Å²) in [5.41, 5.74) is 4.56. The summed E-state index contributed by atoms with van der Waals surface area (Å²) in [5, 5.41) is 1.84. The van der Waals surface area contributed by atoms with Gasteiger partial charge in [0.25, 0.3) is 0 Å². The van der Waals surface area contributed by atoms with E-state index in [-0.39, 0.29) is 18.3 Å². The highest BCUT2D eigenvalue weighted by molar-refractivity contribution is 6.14. The zero-order chi connectivity index (χ0) is 30.8. The third kappa shape index (κ3) is 5.98. The summed E-state index contributed by atoms with van der Waals surface area (Å²) in [5.74, 6) is 2.25. The maximum atomic E-state index is 13.6. The molecular weight excluding hydrogens is 542 g/mol. The number of carbonyl (C=O) groups is 1. The molecule has 5 rings (SSSR count). The fourth-order valence-corrected chi connectivity index (χ4v) is 5.44. The minimum Gasteiger partial charge on any atom is -0.493 e. The van der Waals surface area contributed by atoms with Crippen LogP contribution in [-0.2, 0) is 4.74 Å². The van der Waals surface area contributed by atoms with Crippen molar-refractivity contribution in [3.8, 4) is 45.3 Å². The van der Waals surface area contributed by atoms with Gasteiger partial charge in [0.05, 0.1) is 38.0 Å². The van der Waals surface area contributed by atoms with Crippen molar-refractivity contribution in [3.63, 3.8) is 0 Å². The van der Waals surface area contributed by atoms with Crippen LogP contribution in [0.25, 0.3) is 38.5 Å². The summed E-state index contributed by atoms with van der Waals surface area (Å²) >= 11 is 0. The number of hydrogen-bond acceptors (Lipinski definition) is 6. The van der Waals surface area contributed by atoms with Gasteiger partial charge < -0.3 is 28.1 Å². The average Bonchev–Trinajstić information content (AvgIpc) is 3.31. The van der Waals surface area contributed by atoms with Crippen LogP contribution in [0.15, 0.2) is 72.9 Å². The third-order valence-corrected chi connectivity index (χ3v) is 6.93. The fourth-order valence-electron chi connectivity index (χ4n) is 5.44. The standard InChI is InChI=1S/C36H39NO6/c1-21(2)41-27-13-9-11-25(17-27)32-33(26-12-10-14-28(18-26)42-22(3)4)35(36(38)40-8)37-16-15-24-19-31(43-23(5)6)30(39-7)20-29(24)34(32)37/h9-23H,1-8H3. The van der Waals surface area contributed by atoms with Crippen LogP contribution < -0.4 is 18.9 Å². The highest BCUT2D eigenvalue weighted by Crippen LogP contribution is 2.46. The number of hydrogen-bond donors (Lipinski definition) is 0. The Morgan fingerprint density at radius 2 is 1.26 bits per heavy atom. The molecule has 0 aliphatic carbocycles. The van der Waals surface area contributed by atoms with Crippen molar-refractivity contribution >= 4 is 22.3 Å². The van der Waals surface area contributed by atoms with Crippen LogP contribution in [0.1, 0.15) is 52.0 Å². The summed E-state index contributed by atoms with van der Waals surface area (Å²) in [6.07, 6.45) is 1.87. The first-order chi connectivity index (χ1) is 20.6. The lowest BCUT2D eigenvalue weighted by Gasteiger charge is -2.16. The van der Waals surface area contributed by atoms with E-state index in [2.05, 4.69) is 0 Å². The van der Waals surface area contributed by atoms with Gasteiger partial charge >= 0.3 is 5.97 Å². The van der Waals surface area contributed by atoms with Crippen molar-refractivity contribution in [2.24, 2.45) is 0 Å². The Morgan fingerprint density at radius 1 is 0.674 bits per heavy atom. The lowest BCUT2D eigenvalue weighted by molar-refractivity contribution is 0.0594. The summed E-state index contributed by atoms with van der Waals surface area (Å²) in [4.78, 5) is 13.6. The highest BCUT2D eigenvalue weighted by atomic mass is 16.5. The number of nitrogens with zero attached hydrogens (tertiary/aromatic N) is 1. The molecule has 3 aromatic carbocycles. The maximum Gasteiger partial charge on any atom is 0.355 e. The number of carbonyl (C=O) groups excluding carboxylic acids is 1. The van der Waals surface area contributed by atoms with Crippen LogP contribution >= 0.6 is 0 Å². The molecule has 224 valence electrons. The number of methoxy groups -OCH3 is 2. The molecule has 7 heteroatoms. The predicted octanol–water partition coefficient (Wildman–Crippen LogP) is 8.58. The number of benzene rings is 3. The molecule has 0 fully saturated rings. The number of esters is 1. The van der Waals surface area contributed by atoms with Crippen molar-refractivity contribution in [2.45, 2.75) is 59.9 Å². The second-order valence-corrected chi connectivity index (χ2v) is 11.3. The van der Waals surface area contributed by atoms with Crippen LogP contribution in [0.3, 0.4) is 0 Å². The molecule has 0 radical (unpaired) electrons. The monoisotopic (exact) mass is 581 g/mol. The van der Waals surface area contributed by atoms with Gasteiger partial charge in [0, 0.05) is 22.7 Å². The minimum absolute atomic E-state index is 0.000431. The van der Waals surface area contributed by atoms with Crippen LogP contribution in [-0.4, -0.2) is 42.9 Å². The molecule has 7 nitrogen and oxygen atoms in total. The molecule has 0 unspecified atom stereocenters. The minimum atomic E-state index is -0.452. The van der Waals surface area contributed by atoms with E-state index < -0.39 is 5.97 Å². The normalized spacial score (nSPS) is 11.5. The van der Waals surface area contributed by atoms with Gasteiger partial charge in [0.1, 0.15) is 17.2 Å². The Balaban J connectivity index is 1.95. The molecule has 0 bridgehead atoms. The van der Waals surface area contributed by atoms with Crippen LogP contribution in [0.2, 0.25) is 0 Å². The smallest absolute Gasteiger partial charge is 0.355 e. The molecule has 0 amide bonds. The summed E-state index contributed by atoms with van der Waals surface area (Å²) in [7, 11) is 3.03. The second-order valence-electron chi connectivity index (χ2n) is 11.3. The van der Waals surface area contributed by atoms with E-state index in [0.29, 0.717) is 22.9 Å². The molecule has 0 N–H and O–H groups in total. The molecule has 0 aliphatic rings. The summed E-state index contributed by atoms with van der Waals surface area (Å²) in [6, 6.07) is 21.7. The number of aromatic nitrogens is 1. The number of rotatable bonds is 10. The zero-order valence-corrected chi connectivity index (χ0v) is 26.1. The Hall–Kier alpha value is -4.65. The third-order valence-electron chi connectivity index (χ3n) is 6.93. The lowest BCUT2D eigenvalue weighted by Crippen LogP contribution is -2.08. The molecule has 5 aromatic rings. The van der Waals surface area contributed by atoms with Gasteiger partial charge in [-0.3, -0.25) is 0 Å². The topological polar surface area (TPSA) is 67.6 Å². The molecule has 0 spiro atoms. The summed E-state index contributed by atoms with van der Waals surface area (Å²) in [6.45, 7) is 11.9. The van der Waals surface area contributed by atoms with E-state index in [9.17, 15) is 4.79 Å². The molecule has 0 atom stereocenters. The SMILES string of the molecule is COC(=O)c1c(-c2cccc(OC(C)C)c2)c(-c2cccc(OC(C)C)c2)c2c3cc(OC)c(OC(C)C)cc3ccn12. The Labute approximate surface area is 252 Å². The van der Waals surface area contributed by atoms with Gasteiger partial charge in [-0.15, -0.1) is 0 Å². The molecule has 0 aliphatic heterocycles. The van der Waals surface area contributed by atoms with Gasteiger partial charge in [0.15, 0.2) is 11.5 Å². The van der Waals surface area contributed by atoms with Crippen molar-refractivity contribution < 1.29 is 28.5 Å². The van der Waals surface area contributed by atoms with Crippen LogP contribution in [0, 0.1) is 0 Å². The van der Waals surface area contributed by atoms with E-state index in [0.717, 1.165) is 44.3 Å². The predicted molar refractivity (Wildman–Crippen MR) is 171 cm³/mol. The Kier molecular flexibility index (Phi) is 8.53. The molecule has 0 saturated carbocycles. The van der Waals surface area contributed by atoms with Crippen molar-refractivity contribution in [2.75, 3.05) is 14.2 Å². The van der Waals surface area contributed by atoms with Crippen LogP contribution in [0.4, 0.5) is 0 Å². The van der Waals surface area contributed by atoms with E-state index in [1.54, 1.807) is 7.11 Å². The van der Waals surface area contributed by atoms with Crippen molar-refractivity contribution in [1.29, 1.82) is 0 Å². The Bertz CT molecular complexity index is 1780. The van der Waals surface area contributed by atoms with Gasteiger partial charge in [-0.1, -0.05) is 24.3 Å². The van der Waals surface area contributed by atoms with Gasteiger partial charge in [0.2, 0.25) is 0 Å². The lowest BCUT2D eigenvalue weighted by atomic mass is 9.94. The first-order valence-corrected chi connectivity index (χ1v) is 14.6. The van der Waals surface area contributed by atoms with Crippen molar-refractivity contribution in [3.05, 3.63) is 78.6 Å². The fraction of sp³-hybridized carbons (Fsp3) is 0.306. The van der Waals surface area contributed by atoms with Crippen molar-refractivity contribution in [1.82, 2.24) is 4.40 Å².